The highest BCUT2D eigenvalue weighted by molar-refractivity contribution is 7.99. The van der Waals surface area contributed by atoms with Crippen LogP contribution in [-0.2, 0) is 4.79 Å². The summed E-state index contributed by atoms with van der Waals surface area (Å²) in [6, 6.07) is 13.5. The van der Waals surface area contributed by atoms with E-state index in [1.165, 1.54) is 11.0 Å². The van der Waals surface area contributed by atoms with Crippen LogP contribution in [0.2, 0.25) is 0 Å². The van der Waals surface area contributed by atoms with Gasteiger partial charge in [0.25, 0.3) is 5.91 Å². The number of nitrogens with one attached hydrogen (secondary N) is 1. The van der Waals surface area contributed by atoms with E-state index in [-0.39, 0.29) is 11.8 Å². The lowest BCUT2D eigenvalue weighted by atomic mass is 10.1. The Morgan fingerprint density at radius 2 is 1.82 bits per heavy atom. The molecule has 0 aromatic heterocycles. The molecule has 6 heteroatoms. The summed E-state index contributed by atoms with van der Waals surface area (Å²) in [5.74, 6) is 1.78. The van der Waals surface area contributed by atoms with Gasteiger partial charge in [-0.25, -0.2) is 0 Å². The number of carbonyl (C=O) groups excluding carboxylic acids is 2. The molecular weight excluding hydrogens is 388 g/mol. The van der Waals surface area contributed by atoms with Crippen molar-refractivity contribution in [2.75, 3.05) is 36.2 Å². The van der Waals surface area contributed by atoms with Gasteiger partial charge < -0.3 is 10.2 Å². The predicted molar refractivity (Wildman–Crippen MR) is 120 cm³/mol. The normalized spacial score (nSPS) is 14.3. The van der Waals surface area contributed by atoms with Crippen molar-refractivity contribution in [3.8, 4) is 0 Å². The first-order valence-electron chi connectivity index (χ1n) is 9.18. The summed E-state index contributed by atoms with van der Waals surface area (Å²) in [6.07, 6.45) is 5.34. The second kappa shape index (κ2) is 9.85. The molecule has 3 rings (SSSR count). The molecule has 4 nitrogen and oxygen atoms in total. The molecule has 1 N–H and O–H groups in total. The number of anilines is 1. The highest BCUT2D eigenvalue weighted by atomic mass is 32.2. The van der Waals surface area contributed by atoms with E-state index in [1.807, 2.05) is 72.3 Å². The minimum atomic E-state index is -0.212. The Balaban J connectivity index is 1.68. The van der Waals surface area contributed by atoms with Crippen molar-refractivity contribution in [3.63, 3.8) is 0 Å². The van der Waals surface area contributed by atoms with Crippen molar-refractivity contribution in [2.45, 2.75) is 11.8 Å². The maximum atomic E-state index is 12.8. The van der Waals surface area contributed by atoms with E-state index >= 15 is 0 Å². The lowest BCUT2D eigenvalue weighted by Crippen LogP contribution is -2.38. The van der Waals surface area contributed by atoms with Crippen molar-refractivity contribution < 1.29 is 9.59 Å². The second-order valence-corrected chi connectivity index (χ2v) is 8.58. The average molecular weight is 413 g/mol. The zero-order valence-electron chi connectivity index (χ0n) is 16.1. The van der Waals surface area contributed by atoms with Crippen LogP contribution in [0.5, 0.6) is 0 Å². The molecule has 0 saturated carbocycles. The van der Waals surface area contributed by atoms with Gasteiger partial charge in [-0.15, -0.1) is 11.8 Å². The molecule has 0 aliphatic carbocycles. The number of thioether (sulfide) groups is 2. The first-order valence-corrected chi connectivity index (χ1v) is 11.6. The fourth-order valence-corrected chi connectivity index (χ4v) is 4.31. The van der Waals surface area contributed by atoms with Gasteiger partial charge in [0, 0.05) is 46.8 Å². The van der Waals surface area contributed by atoms with Gasteiger partial charge in [-0.2, -0.15) is 11.8 Å². The van der Waals surface area contributed by atoms with E-state index in [1.54, 1.807) is 17.8 Å². The molecule has 1 saturated heterocycles. The Kier molecular flexibility index (Phi) is 7.23. The third-order valence-electron chi connectivity index (χ3n) is 4.66. The van der Waals surface area contributed by atoms with E-state index in [0.717, 1.165) is 35.7 Å². The van der Waals surface area contributed by atoms with Gasteiger partial charge in [0.1, 0.15) is 0 Å². The third-order valence-corrected chi connectivity index (χ3v) is 6.35. The van der Waals surface area contributed by atoms with Crippen LogP contribution in [0.1, 0.15) is 21.5 Å². The fourth-order valence-electron chi connectivity index (χ4n) is 3.00. The van der Waals surface area contributed by atoms with Gasteiger partial charge in [0.05, 0.1) is 0 Å². The molecule has 0 atom stereocenters. The molecule has 0 bridgehead atoms. The highest BCUT2D eigenvalue weighted by Crippen LogP contribution is 2.22. The summed E-state index contributed by atoms with van der Waals surface area (Å²) < 4.78 is 0. The number of nitrogens with zero attached hydrogens (tertiary/aromatic N) is 1. The molecule has 2 aromatic rings. The van der Waals surface area contributed by atoms with Gasteiger partial charge in [-0.3, -0.25) is 9.59 Å². The van der Waals surface area contributed by atoms with Gasteiger partial charge >= 0.3 is 0 Å². The second-order valence-electron chi connectivity index (χ2n) is 6.48. The van der Waals surface area contributed by atoms with Crippen molar-refractivity contribution in [2.24, 2.45) is 0 Å². The van der Waals surface area contributed by atoms with Crippen LogP contribution in [0, 0.1) is 6.92 Å². The third kappa shape index (κ3) is 5.20. The number of rotatable bonds is 5. The fraction of sp³-hybridized carbons (Fsp3) is 0.273. The lowest BCUT2D eigenvalue weighted by molar-refractivity contribution is -0.111. The van der Waals surface area contributed by atoms with Gasteiger partial charge in [0.15, 0.2) is 0 Å². The Labute approximate surface area is 174 Å². The maximum absolute atomic E-state index is 12.8. The zero-order valence-corrected chi connectivity index (χ0v) is 17.7. The quantitative estimate of drug-likeness (QED) is 0.578. The molecule has 1 heterocycles. The van der Waals surface area contributed by atoms with Crippen LogP contribution in [0.15, 0.2) is 53.4 Å². The zero-order chi connectivity index (χ0) is 19.9. The van der Waals surface area contributed by atoms with Crippen LogP contribution in [0.4, 0.5) is 5.69 Å². The summed E-state index contributed by atoms with van der Waals surface area (Å²) in [5.41, 5.74) is 3.10. The molecule has 0 radical (unpaired) electrons. The van der Waals surface area contributed by atoms with Crippen molar-refractivity contribution in [3.05, 3.63) is 65.2 Å². The molecule has 1 fully saturated rings. The molecule has 2 aromatic carbocycles. The van der Waals surface area contributed by atoms with E-state index in [9.17, 15) is 9.59 Å². The predicted octanol–water partition coefficient (Wildman–Crippen LogP) is 4.56. The molecule has 146 valence electrons. The van der Waals surface area contributed by atoms with Crippen LogP contribution >= 0.6 is 23.5 Å². The minimum Gasteiger partial charge on any atom is -0.337 e. The molecule has 28 heavy (non-hydrogen) atoms. The van der Waals surface area contributed by atoms with Crippen molar-refractivity contribution in [1.82, 2.24) is 4.90 Å². The lowest BCUT2D eigenvalue weighted by Gasteiger charge is -2.27. The molecule has 1 aliphatic rings. The Hall–Kier alpha value is -2.18. The van der Waals surface area contributed by atoms with Gasteiger partial charge in [-0.1, -0.05) is 18.2 Å². The molecular formula is C22H24N2O2S2. The number of hydrogen-bond acceptors (Lipinski definition) is 4. The SMILES string of the molecule is CSc1ccc(/C=C/C(=O)Nc2cccc(C(=O)N3CCSCC3)c2C)cc1. The molecule has 0 unspecified atom stereocenters. The van der Waals surface area contributed by atoms with Crippen LogP contribution in [0.3, 0.4) is 0 Å². The average Bonchev–Trinajstić information content (AvgIpc) is 2.74. The topological polar surface area (TPSA) is 49.4 Å². The van der Waals surface area contributed by atoms with Crippen LogP contribution < -0.4 is 5.32 Å². The standard InChI is InChI=1S/C22H24N2O2S2/c1-16-19(22(26)24-12-14-28-15-13-24)4-3-5-20(16)23-21(25)11-8-17-6-9-18(27-2)10-7-17/h3-11H,12-15H2,1-2H3,(H,23,25)/b11-8+. The summed E-state index contributed by atoms with van der Waals surface area (Å²) in [4.78, 5) is 28.2. The smallest absolute Gasteiger partial charge is 0.254 e. The number of carbonyl (C=O) groups is 2. The van der Waals surface area contributed by atoms with Crippen LogP contribution in [0.25, 0.3) is 6.08 Å². The first kappa shape index (κ1) is 20.6. The van der Waals surface area contributed by atoms with E-state index < -0.39 is 0 Å². The Bertz CT molecular complexity index is 873. The number of benzene rings is 2. The molecule has 1 aliphatic heterocycles. The van der Waals surface area contributed by atoms with Gasteiger partial charge in [0.2, 0.25) is 5.91 Å². The monoisotopic (exact) mass is 412 g/mol. The highest BCUT2D eigenvalue weighted by Gasteiger charge is 2.21. The van der Waals surface area contributed by atoms with E-state index in [2.05, 4.69) is 5.32 Å². The molecule has 0 spiro atoms. The maximum Gasteiger partial charge on any atom is 0.254 e. The summed E-state index contributed by atoms with van der Waals surface area (Å²) in [6.45, 7) is 3.43. The van der Waals surface area contributed by atoms with Crippen molar-refractivity contribution in [1.29, 1.82) is 0 Å². The molecule has 2 amide bonds. The van der Waals surface area contributed by atoms with Gasteiger partial charge in [-0.05, 0) is 54.6 Å². The number of hydrogen-bond donors (Lipinski definition) is 1. The Morgan fingerprint density at radius 1 is 1.11 bits per heavy atom. The van der Waals surface area contributed by atoms with E-state index in [4.69, 9.17) is 0 Å². The minimum absolute atomic E-state index is 0.0401. The first-order chi connectivity index (χ1) is 13.6. The largest absolute Gasteiger partial charge is 0.337 e. The number of amides is 2. The summed E-state index contributed by atoms with van der Waals surface area (Å²) in [7, 11) is 0. The Morgan fingerprint density at radius 3 is 2.50 bits per heavy atom. The van der Waals surface area contributed by atoms with E-state index in [0.29, 0.717) is 11.3 Å². The van der Waals surface area contributed by atoms with Crippen LogP contribution in [-0.4, -0.2) is 47.6 Å². The van der Waals surface area contributed by atoms with Crippen molar-refractivity contribution >= 4 is 47.1 Å². The summed E-state index contributed by atoms with van der Waals surface area (Å²) in [5, 5.41) is 2.90. The summed E-state index contributed by atoms with van der Waals surface area (Å²) >= 11 is 3.56.